The summed E-state index contributed by atoms with van der Waals surface area (Å²) in [7, 11) is 0. The minimum Gasteiger partial charge on any atom is -0.382 e. The summed E-state index contributed by atoms with van der Waals surface area (Å²) in [5.74, 6) is 0.770. The Labute approximate surface area is 117 Å². The van der Waals surface area contributed by atoms with E-state index in [9.17, 15) is 5.26 Å². The van der Waals surface area contributed by atoms with Crippen LogP contribution < -0.4 is 11.1 Å². The molecule has 0 saturated heterocycles. The molecule has 6 heteroatoms. The van der Waals surface area contributed by atoms with Crippen molar-refractivity contribution in [2.24, 2.45) is 0 Å². The topological polar surface area (TPSA) is 103 Å². The van der Waals surface area contributed by atoms with E-state index in [0.717, 1.165) is 13.0 Å². The van der Waals surface area contributed by atoms with Gasteiger partial charge in [-0.15, -0.1) is 5.10 Å². The Balaban J connectivity index is 2.44. The van der Waals surface area contributed by atoms with Gasteiger partial charge in [-0.05, 0) is 30.7 Å². The molecule has 1 heterocycles. The molecule has 0 unspecified atom stereocenters. The average molecular weight is 266 g/mol. The van der Waals surface area contributed by atoms with Crippen molar-refractivity contribution in [3.63, 3.8) is 0 Å². The van der Waals surface area contributed by atoms with Crippen molar-refractivity contribution in [2.75, 3.05) is 17.6 Å². The lowest BCUT2D eigenvalue weighted by molar-refractivity contribution is 0.880. The molecular weight excluding hydrogens is 252 g/mol. The second-order valence-corrected chi connectivity index (χ2v) is 4.22. The van der Waals surface area contributed by atoms with Crippen LogP contribution in [0.15, 0.2) is 24.3 Å². The van der Waals surface area contributed by atoms with E-state index in [1.54, 1.807) is 24.3 Å². The van der Waals surface area contributed by atoms with Crippen LogP contribution in [0.5, 0.6) is 0 Å². The maximum atomic E-state index is 9.17. The van der Waals surface area contributed by atoms with Crippen LogP contribution in [0.2, 0.25) is 0 Å². The zero-order valence-electron chi connectivity index (χ0n) is 11.1. The number of nitrogen functional groups attached to an aromatic ring is 1. The zero-order chi connectivity index (χ0) is 14.5. The summed E-state index contributed by atoms with van der Waals surface area (Å²) in [6.45, 7) is 2.75. The summed E-state index contributed by atoms with van der Waals surface area (Å²) in [6, 6.07) is 11.0. The van der Waals surface area contributed by atoms with E-state index in [0.29, 0.717) is 22.6 Å². The summed E-state index contributed by atoms with van der Waals surface area (Å²) >= 11 is 0. The predicted octanol–water partition coefficient (Wildman–Crippen LogP) is 2.02. The van der Waals surface area contributed by atoms with E-state index in [2.05, 4.69) is 22.6 Å². The minimum absolute atomic E-state index is 0.288. The number of rotatable bonds is 4. The summed E-state index contributed by atoms with van der Waals surface area (Å²) in [6.07, 6.45) is 0.925. The highest BCUT2D eigenvalue weighted by Gasteiger charge is 2.15. The van der Waals surface area contributed by atoms with Crippen LogP contribution in [0.3, 0.4) is 0 Å². The highest BCUT2D eigenvalue weighted by atomic mass is 15.3. The van der Waals surface area contributed by atoms with E-state index in [-0.39, 0.29) is 5.82 Å². The summed E-state index contributed by atoms with van der Waals surface area (Å²) in [5.41, 5.74) is 7.57. The van der Waals surface area contributed by atoms with Gasteiger partial charge in [0, 0.05) is 6.54 Å². The normalized spacial score (nSPS) is 9.75. The molecule has 2 rings (SSSR count). The Morgan fingerprint density at radius 2 is 1.95 bits per heavy atom. The number of hydrogen-bond acceptors (Lipinski definition) is 5. The first kappa shape index (κ1) is 13.4. The number of nitrogens with one attached hydrogen (secondary N) is 1. The molecule has 0 spiro atoms. The van der Waals surface area contributed by atoms with Crippen molar-refractivity contribution >= 4 is 11.6 Å². The highest BCUT2D eigenvalue weighted by Crippen LogP contribution is 2.24. The van der Waals surface area contributed by atoms with Gasteiger partial charge in [0.05, 0.1) is 17.3 Å². The van der Waals surface area contributed by atoms with Gasteiger partial charge in [-0.1, -0.05) is 6.92 Å². The van der Waals surface area contributed by atoms with Crippen LogP contribution in [0, 0.1) is 22.7 Å². The van der Waals surface area contributed by atoms with Crippen molar-refractivity contribution in [1.82, 2.24) is 9.78 Å². The Kier molecular flexibility index (Phi) is 3.88. The summed E-state index contributed by atoms with van der Waals surface area (Å²) in [4.78, 5) is 0. The molecule has 0 aliphatic heterocycles. The molecule has 0 aliphatic carbocycles. The van der Waals surface area contributed by atoms with E-state index in [4.69, 9.17) is 11.0 Å². The monoisotopic (exact) mass is 266 g/mol. The van der Waals surface area contributed by atoms with Crippen LogP contribution in [0.4, 0.5) is 11.6 Å². The summed E-state index contributed by atoms with van der Waals surface area (Å²) in [5, 5.41) is 25.4. The van der Waals surface area contributed by atoms with E-state index in [1.807, 2.05) is 6.92 Å². The molecule has 2 aromatic rings. The number of hydrogen-bond donors (Lipinski definition) is 2. The molecular formula is C14H14N6. The first-order chi connectivity index (χ1) is 9.71. The van der Waals surface area contributed by atoms with Crippen molar-refractivity contribution in [3.05, 3.63) is 35.4 Å². The molecule has 3 N–H and O–H groups in total. The van der Waals surface area contributed by atoms with E-state index < -0.39 is 0 Å². The maximum Gasteiger partial charge on any atom is 0.168 e. The van der Waals surface area contributed by atoms with Crippen LogP contribution in [-0.2, 0) is 0 Å². The van der Waals surface area contributed by atoms with Crippen LogP contribution in [-0.4, -0.2) is 16.3 Å². The minimum atomic E-state index is 0.288. The van der Waals surface area contributed by atoms with Gasteiger partial charge in [-0.25, -0.2) is 4.68 Å². The molecule has 0 saturated carbocycles. The maximum absolute atomic E-state index is 9.17. The fourth-order valence-corrected chi connectivity index (χ4v) is 1.78. The molecule has 0 amide bonds. The number of benzene rings is 1. The molecule has 0 radical (unpaired) electrons. The largest absolute Gasteiger partial charge is 0.382 e. The smallest absolute Gasteiger partial charge is 0.168 e. The van der Waals surface area contributed by atoms with Gasteiger partial charge in [-0.3, -0.25) is 0 Å². The van der Waals surface area contributed by atoms with Gasteiger partial charge in [0.25, 0.3) is 0 Å². The van der Waals surface area contributed by atoms with Crippen LogP contribution >= 0.6 is 0 Å². The predicted molar refractivity (Wildman–Crippen MR) is 76.2 cm³/mol. The molecule has 6 nitrogen and oxygen atoms in total. The fraction of sp³-hybridized carbons (Fsp3) is 0.214. The Morgan fingerprint density at radius 1 is 1.25 bits per heavy atom. The van der Waals surface area contributed by atoms with Gasteiger partial charge in [0.1, 0.15) is 17.5 Å². The van der Waals surface area contributed by atoms with Gasteiger partial charge in [0.2, 0.25) is 0 Å². The molecule has 20 heavy (non-hydrogen) atoms. The van der Waals surface area contributed by atoms with E-state index >= 15 is 0 Å². The average Bonchev–Trinajstić information content (AvgIpc) is 2.81. The van der Waals surface area contributed by atoms with Gasteiger partial charge in [-0.2, -0.15) is 10.5 Å². The first-order valence-corrected chi connectivity index (χ1v) is 6.24. The lowest BCUT2D eigenvalue weighted by atomic mass is 10.2. The molecule has 0 atom stereocenters. The number of nitriles is 2. The zero-order valence-corrected chi connectivity index (χ0v) is 11.1. The van der Waals surface area contributed by atoms with Gasteiger partial charge < -0.3 is 11.1 Å². The molecule has 1 aromatic heterocycles. The number of nitrogens with zero attached hydrogens (tertiary/aromatic N) is 4. The van der Waals surface area contributed by atoms with Crippen LogP contribution in [0.25, 0.3) is 5.69 Å². The Morgan fingerprint density at radius 3 is 2.50 bits per heavy atom. The highest BCUT2D eigenvalue weighted by molar-refractivity contribution is 5.66. The second kappa shape index (κ2) is 5.77. The van der Waals surface area contributed by atoms with Crippen LogP contribution in [0.1, 0.15) is 24.5 Å². The molecule has 1 aromatic carbocycles. The van der Waals surface area contributed by atoms with Crippen molar-refractivity contribution in [1.29, 1.82) is 10.5 Å². The molecule has 0 fully saturated rings. The SMILES string of the molecule is CCCNc1nn(-c2ccc(C#N)cc2)c(N)c1C#N. The third-order valence-corrected chi connectivity index (χ3v) is 2.82. The van der Waals surface area contributed by atoms with Gasteiger partial charge in [0.15, 0.2) is 5.82 Å². The standard InChI is InChI=1S/C14H14N6/c1-2-7-18-14-12(9-16)13(17)20(19-14)11-5-3-10(8-15)4-6-11/h3-6H,2,7,17H2,1H3,(H,18,19). The lowest BCUT2D eigenvalue weighted by Crippen LogP contribution is -2.03. The molecule has 100 valence electrons. The Hall–Kier alpha value is -2.99. The third kappa shape index (κ3) is 2.40. The number of nitrogens with two attached hydrogens (primary N) is 1. The van der Waals surface area contributed by atoms with E-state index in [1.165, 1.54) is 4.68 Å². The Bertz CT molecular complexity index is 684. The molecule has 0 aliphatic rings. The molecule has 0 bridgehead atoms. The van der Waals surface area contributed by atoms with Crippen molar-refractivity contribution < 1.29 is 0 Å². The fourth-order valence-electron chi connectivity index (χ4n) is 1.78. The lowest BCUT2D eigenvalue weighted by Gasteiger charge is -2.03. The number of anilines is 2. The van der Waals surface area contributed by atoms with Gasteiger partial charge >= 0.3 is 0 Å². The summed E-state index contributed by atoms with van der Waals surface area (Å²) < 4.78 is 1.50. The number of aromatic nitrogens is 2. The second-order valence-electron chi connectivity index (χ2n) is 4.22. The quantitative estimate of drug-likeness (QED) is 0.881. The van der Waals surface area contributed by atoms with Crippen molar-refractivity contribution in [2.45, 2.75) is 13.3 Å². The third-order valence-electron chi connectivity index (χ3n) is 2.82. The first-order valence-electron chi connectivity index (χ1n) is 6.24. The van der Waals surface area contributed by atoms with Crippen molar-refractivity contribution in [3.8, 4) is 17.8 Å².